The molecule has 5 heteroatoms. The van der Waals surface area contributed by atoms with Crippen LogP contribution in [0.15, 0.2) is 0 Å². The number of carbonyl (C=O) groups excluding carboxylic acids is 1. The molecule has 0 bridgehead atoms. The van der Waals surface area contributed by atoms with E-state index in [0.717, 1.165) is 12.8 Å². The van der Waals surface area contributed by atoms with Gasteiger partial charge in [-0.25, -0.2) is 4.79 Å². The number of nitrogens with one attached hydrogen (secondary N) is 2. The Morgan fingerprint density at radius 2 is 2.07 bits per heavy atom. The van der Waals surface area contributed by atoms with Gasteiger partial charge in [-0.1, -0.05) is 12.2 Å². The van der Waals surface area contributed by atoms with Crippen LogP contribution in [0.1, 0.15) is 33.1 Å². The summed E-state index contributed by atoms with van der Waals surface area (Å²) in [7, 11) is 0. The van der Waals surface area contributed by atoms with Crippen LogP contribution in [-0.2, 0) is 0 Å². The van der Waals surface area contributed by atoms with Crippen LogP contribution in [-0.4, -0.2) is 22.6 Å². The van der Waals surface area contributed by atoms with Gasteiger partial charge in [-0.05, 0) is 33.1 Å². The monoisotopic (exact) mass is 215 g/mol. The van der Waals surface area contributed by atoms with Crippen LogP contribution < -0.4 is 16.4 Å². The standard InChI is InChI=1S/C9H17N3OS/c1-9(2,7(10)14)12-8(13)11-6-4-3-5-6/h6H,3-5H2,1-2H3,(H2,10,14)(H2,11,12,13). The molecule has 1 saturated carbocycles. The largest absolute Gasteiger partial charge is 0.391 e. The van der Waals surface area contributed by atoms with E-state index in [9.17, 15) is 4.79 Å². The predicted octanol–water partition coefficient (Wildman–Crippen LogP) is 0.903. The predicted molar refractivity (Wildman–Crippen MR) is 60.2 cm³/mol. The Morgan fingerprint density at radius 3 is 2.43 bits per heavy atom. The smallest absolute Gasteiger partial charge is 0.315 e. The molecule has 2 amide bonds. The lowest BCUT2D eigenvalue weighted by atomic mass is 9.93. The van der Waals surface area contributed by atoms with Crippen LogP contribution in [0.2, 0.25) is 0 Å². The maximum Gasteiger partial charge on any atom is 0.315 e. The normalized spacial score (nSPS) is 17.0. The topological polar surface area (TPSA) is 67.2 Å². The van der Waals surface area contributed by atoms with E-state index in [2.05, 4.69) is 10.6 Å². The molecule has 1 fully saturated rings. The van der Waals surface area contributed by atoms with Crippen molar-refractivity contribution in [3.05, 3.63) is 0 Å². The number of rotatable bonds is 3. The van der Waals surface area contributed by atoms with Gasteiger partial charge in [0.2, 0.25) is 0 Å². The van der Waals surface area contributed by atoms with Crippen molar-refractivity contribution in [3.8, 4) is 0 Å². The van der Waals surface area contributed by atoms with Crippen molar-refractivity contribution in [1.82, 2.24) is 10.6 Å². The summed E-state index contributed by atoms with van der Waals surface area (Å²) in [5.41, 5.74) is 4.86. The summed E-state index contributed by atoms with van der Waals surface area (Å²) in [6, 6.07) is 0.143. The molecule has 0 aromatic rings. The van der Waals surface area contributed by atoms with E-state index in [1.165, 1.54) is 6.42 Å². The van der Waals surface area contributed by atoms with Crippen LogP contribution in [0.5, 0.6) is 0 Å². The second kappa shape index (κ2) is 4.13. The number of hydrogen-bond donors (Lipinski definition) is 3. The van der Waals surface area contributed by atoms with E-state index in [1.807, 2.05) is 0 Å². The number of hydrogen-bond acceptors (Lipinski definition) is 2. The number of thiocarbonyl (C=S) groups is 1. The maximum atomic E-state index is 11.4. The first-order valence-corrected chi connectivity index (χ1v) is 5.21. The number of urea groups is 1. The highest BCUT2D eigenvalue weighted by atomic mass is 32.1. The molecule has 0 heterocycles. The molecule has 80 valence electrons. The average Bonchev–Trinajstić information content (AvgIpc) is 1.96. The minimum Gasteiger partial charge on any atom is -0.391 e. The second-order valence-corrected chi connectivity index (χ2v) is 4.66. The molecule has 0 aromatic carbocycles. The van der Waals surface area contributed by atoms with Crippen LogP contribution in [0, 0.1) is 0 Å². The molecule has 0 aromatic heterocycles. The zero-order chi connectivity index (χ0) is 10.8. The third-order valence-corrected chi connectivity index (χ3v) is 2.99. The Morgan fingerprint density at radius 1 is 1.50 bits per heavy atom. The minimum absolute atomic E-state index is 0.187. The lowest BCUT2D eigenvalue weighted by molar-refractivity contribution is 0.223. The van der Waals surface area contributed by atoms with Crippen molar-refractivity contribution in [1.29, 1.82) is 0 Å². The Hall–Kier alpha value is -0.840. The van der Waals surface area contributed by atoms with Gasteiger partial charge in [-0.15, -0.1) is 0 Å². The summed E-state index contributed by atoms with van der Waals surface area (Å²) < 4.78 is 0. The van der Waals surface area contributed by atoms with Gasteiger partial charge in [0.15, 0.2) is 0 Å². The molecular weight excluding hydrogens is 198 g/mol. The van der Waals surface area contributed by atoms with Crippen LogP contribution >= 0.6 is 12.2 Å². The molecule has 0 spiro atoms. The highest BCUT2D eigenvalue weighted by Gasteiger charge is 2.26. The summed E-state index contributed by atoms with van der Waals surface area (Å²) in [4.78, 5) is 11.7. The molecule has 0 saturated heterocycles. The van der Waals surface area contributed by atoms with E-state index >= 15 is 0 Å². The molecule has 14 heavy (non-hydrogen) atoms. The molecule has 0 aliphatic heterocycles. The average molecular weight is 215 g/mol. The zero-order valence-electron chi connectivity index (χ0n) is 8.59. The zero-order valence-corrected chi connectivity index (χ0v) is 9.41. The van der Waals surface area contributed by atoms with E-state index in [0.29, 0.717) is 11.0 Å². The minimum atomic E-state index is -0.622. The van der Waals surface area contributed by atoms with Gasteiger partial charge in [0, 0.05) is 6.04 Å². The van der Waals surface area contributed by atoms with Gasteiger partial charge in [0.1, 0.15) is 0 Å². The Bertz CT molecular complexity index is 248. The highest BCUT2D eigenvalue weighted by molar-refractivity contribution is 7.80. The second-order valence-electron chi connectivity index (χ2n) is 4.22. The fourth-order valence-electron chi connectivity index (χ4n) is 1.12. The fraction of sp³-hybridized carbons (Fsp3) is 0.778. The summed E-state index contributed by atoms with van der Waals surface area (Å²) in [5.74, 6) is 0. The van der Waals surface area contributed by atoms with Gasteiger partial charge in [0.25, 0.3) is 0 Å². The maximum absolute atomic E-state index is 11.4. The summed E-state index contributed by atoms with van der Waals surface area (Å²) in [5, 5.41) is 5.60. The first-order valence-electron chi connectivity index (χ1n) is 4.80. The first kappa shape index (κ1) is 11.2. The SMILES string of the molecule is CC(C)(NC(=O)NC1CCC1)C(N)=S. The van der Waals surface area contributed by atoms with Gasteiger partial charge >= 0.3 is 6.03 Å². The molecule has 1 aliphatic rings. The Balaban J connectivity index is 2.35. The van der Waals surface area contributed by atoms with Gasteiger partial charge in [-0.2, -0.15) is 0 Å². The molecule has 4 N–H and O–H groups in total. The molecular formula is C9H17N3OS. The summed E-state index contributed by atoms with van der Waals surface area (Å²) >= 11 is 4.84. The van der Waals surface area contributed by atoms with Gasteiger partial charge in [-0.3, -0.25) is 0 Å². The Labute approximate surface area is 89.6 Å². The van der Waals surface area contributed by atoms with E-state index in [4.69, 9.17) is 18.0 Å². The summed E-state index contributed by atoms with van der Waals surface area (Å²) in [6.45, 7) is 3.57. The van der Waals surface area contributed by atoms with Crippen LogP contribution in [0.4, 0.5) is 4.79 Å². The quantitative estimate of drug-likeness (QED) is 0.613. The van der Waals surface area contributed by atoms with Gasteiger partial charge < -0.3 is 16.4 Å². The molecule has 0 unspecified atom stereocenters. The number of nitrogens with two attached hydrogens (primary N) is 1. The number of carbonyl (C=O) groups is 1. The van der Waals surface area contributed by atoms with Crippen molar-refractivity contribution in [2.24, 2.45) is 5.73 Å². The highest BCUT2D eigenvalue weighted by Crippen LogP contribution is 2.17. The Kier molecular flexibility index (Phi) is 3.31. The van der Waals surface area contributed by atoms with Crippen LogP contribution in [0.3, 0.4) is 0 Å². The van der Waals surface area contributed by atoms with Crippen molar-refractivity contribution >= 4 is 23.2 Å². The van der Waals surface area contributed by atoms with E-state index in [1.54, 1.807) is 13.8 Å². The van der Waals surface area contributed by atoms with E-state index in [-0.39, 0.29) is 6.03 Å². The third-order valence-electron chi connectivity index (χ3n) is 2.48. The van der Waals surface area contributed by atoms with E-state index < -0.39 is 5.54 Å². The van der Waals surface area contributed by atoms with Crippen LogP contribution in [0.25, 0.3) is 0 Å². The van der Waals surface area contributed by atoms with Crippen molar-refractivity contribution in [3.63, 3.8) is 0 Å². The first-order chi connectivity index (χ1) is 6.42. The fourth-order valence-corrected chi connectivity index (χ4v) is 1.17. The van der Waals surface area contributed by atoms with Crippen molar-refractivity contribution in [2.75, 3.05) is 0 Å². The molecule has 0 radical (unpaired) electrons. The summed E-state index contributed by atoms with van der Waals surface area (Å²) in [6.07, 6.45) is 3.34. The van der Waals surface area contributed by atoms with Crippen molar-refractivity contribution in [2.45, 2.75) is 44.7 Å². The van der Waals surface area contributed by atoms with Crippen molar-refractivity contribution < 1.29 is 4.79 Å². The lowest BCUT2D eigenvalue weighted by Crippen LogP contribution is -2.57. The molecule has 0 atom stereocenters. The number of amides is 2. The van der Waals surface area contributed by atoms with Gasteiger partial charge in [0.05, 0.1) is 10.5 Å². The third kappa shape index (κ3) is 2.83. The lowest BCUT2D eigenvalue weighted by Gasteiger charge is -2.30. The molecule has 1 rings (SSSR count). The molecule has 1 aliphatic carbocycles. The molecule has 4 nitrogen and oxygen atoms in total.